The summed E-state index contributed by atoms with van der Waals surface area (Å²) in [6, 6.07) is 0. The van der Waals surface area contributed by atoms with Crippen molar-refractivity contribution in [2.45, 2.75) is 6.92 Å². The summed E-state index contributed by atoms with van der Waals surface area (Å²) in [5, 5.41) is 0. The van der Waals surface area contributed by atoms with Crippen molar-refractivity contribution in [3.05, 3.63) is 53.4 Å². The van der Waals surface area contributed by atoms with Crippen LogP contribution < -0.4 is 0 Å². The fourth-order valence-electron chi connectivity index (χ4n) is 0.975. The van der Waals surface area contributed by atoms with E-state index in [4.69, 9.17) is 0 Å². The zero-order valence-electron chi connectivity index (χ0n) is 10.7. The van der Waals surface area contributed by atoms with Gasteiger partial charge in [-0.3, -0.25) is 0 Å². The molecule has 2 nitrogen and oxygen atoms in total. The van der Waals surface area contributed by atoms with Crippen LogP contribution in [-0.4, -0.2) is 13.1 Å². The molecule has 7 heteroatoms. The first kappa shape index (κ1) is 17.8. The molecule has 0 amide bonds. The third kappa shape index (κ3) is 3.91. The number of carbonyl (C=O) groups excluding carboxylic acids is 1. The molecule has 0 aliphatic heterocycles. The maximum absolute atomic E-state index is 12.6. The van der Waals surface area contributed by atoms with E-state index in [-0.39, 0.29) is 5.97 Å². The second-order valence-electron chi connectivity index (χ2n) is 3.46. The zero-order chi connectivity index (χ0) is 16.0. The summed E-state index contributed by atoms with van der Waals surface area (Å²) in [7, 11) is 1.33. The predicted octanol–water partition coefficient (Wildman–Crippen LogP) is 3.76. The molecular formula is C13H11F5O2. The SMILES string of the molecule is C=C(C)C(=O)OC.C=Cc1c(F)c(F)c(F)c(F)c1F. The Morgan fingerprint density at radius 1 is 1.00 bits per heavy atom. The van der Waals surface area contributed by atoms with E-state index in [2.05, 4.69) is 17.9 Å². The Hall–Kier alpha value is -2.18. The van der Waals surface area contributed by atoms with Crippen molar-refractivity contribution < 1.29 is 31.5 Å². The maximum atomic E-state index is 12.6. The number of carbonyl (C=O) groups is 1. The molecule has 20 heavy (non-hydrogen) atoms. The van der Waals surface area contributed by atoms with Gasteiger partial charge in [0.15, 0.2) is 23.3 Å². The molecule has 0 radical (unpaired) electrons. The monoisotopic (exact) mass is 294 g/mol. The number of methoxy groups -OCH3 is 1. The van der Waals surface area contributed by atoms with E-state index in [9.17, 15) is 26.7 Å². The molecule has 0 N–H and O–H groups in total. The Morgan fingerprint density at radius 2 is 1.35 bits per heavy atom. The van der Waals surface area contributed by atoms with E-state index in [1.807, 2.05) is 0 Å². The Bertz CT molecular complexity index is 523. The summed E-state index contributed by atoms with van der Waals surface area (Å²) in [4.78, 5) is 10.2. The molecule has 0 heterocycles. The van der Waals surface area contributed by atoms with Crippen LogP contribution in [0, 0.1) is 29.1 Å². The number of hydrogen-bond acceptors (Lipinski definition) is 2. The fraction of sp³-hybridized carbons (Fsp3) is 0.154. The molecule has 0 bridgehead atoms. The molecule has 0 spiro atoms. The van der Waals surface area contributed by atoms with Gasteiger partial charge < -0.3 is 4.74 Å². The Kier molecular flexibility index (Phi) is 6.61. The topological polar surface area (TPSA) is 26.3 Å². The number of halogens is 5. The lowest BCUT2D eigenvalue weighted by atomic mass is 10.1. The molecule has 0 aromatic heterocycles. The van der Waals surface area contributed by atoms with Gasteiger partial charge in [-0.05, 0) is 6.92 Å². The smallest absolute Gasteiger partial charge is 0.332 e. The molecule has 0 aliphatic carbocycles. The molecule has 1 aromatic carbocycles. The van der Waals surface area contributed by atoms with Gasteiger partial charge in [0.1, 0.15) is 0 Å². The summed E-state index contributed by atoms with van der Waals surface area (Å²) in [6.07, 6.45) is 0.566. The van der Waals surface area contributed by atoms with Gasteiger partial charge in [0, 0.05) is 5.57 Å². The lowest BCUT2D eigenvalue weighted by molar-refractivity contribution is -0.136. The number of hydrogen-bond donors (Lipinski definition) is 0. The minimum atomic E-state index is -2.17. The molecule has 0 unspecified atom stereocenters. The van der Waals surface area contributed by atoms with Crippen LogP contribution in [0.2, 0.25) is 0 Å². The van der Waals surface area contributed by atoms with Crippen molar-refractivity contribution in [2.75, 3.05) is 7.11 Å². The summed E-state index contributed by atoms with van der Waals surface area (Å²) < 4.78 is 66.6. The summed E-state index contributed by atoms with van der Waals surface area (Å²) in [5.41, 5.74) is -0.584. The molecule has 0 atom stereocenters. The largest absolute Gasteiger partial charge is 0.466 e. The first-order valence-corrected chi connectivity index (χ1v) is 5.06. The molecule has 0 saturated carbocycles. The van der Waals surface area contributed by atoms with Crippen LogP contribution in [0.15, 0.2) is 18.7 Å². The predicted molar refractivity (Wildman–Crippen MR) is 63.2 cm³/mol. The van der Waals surface area contributed by atoms with Gasteiger partial charge in [-0.15, -0.1) is 0 Å². The van der Waals surface area contributed by atoms with Crippen LogP contribution in [0.5, 0.6) is 0 Å². The zero-order valence-corrected chi connectivity index (χ0v) is 10.7. The van der Waals surface area contributed by atoms with Crippen molar-refractivity contribution in [2.24, 2.45) is 0 Å². The van der Waals surface area contributed by atoms with Crippen molar-refractivity contribution in [1.82, 2.24) is 0 Å². The summed E-state index contributed by atoms with van der Waals surface area (Å²) in [6.45, 7) is 7.88. The minimum absolute atomic E-state index is 0.347. The van der Waals surface area contributed by atoms with Crippen molar-refractivity contribution >= 4 is 12.0 Å². The van der Waals surface area contributed by atoms with Crippen molar-refractivity contribution in [1.29, 1.82) is 0 Å². The van der Waals surface area contributed by atoms with Crippen LogP contribution in [0.1, 0.15) is 12.5 Å². The second kappa shape index (κ2) is 7.42. The molecular weight excluding hydrogens is 283 g/mol. The molecule has 110 valence electrons. The Labute approximate surface area is 112 Å². The molecule has 1 aromatic rings. The fourth-order valence-corrected chi connectivity index (χ4v) is 0.975. The number of ether oxygens (including phenoxy) is 1. The number of benzene rings is 1. The van der Waals surface area contributed by atoms with Gasteiger partial charge >= 0.3 is 5.97 Å². The maximum Gasteiger partial charge on any atom is 0.332 e. The van der Waals surface area contributed by atoms with Crippen LogP contribution >= 0.6 is 0 Å². The Balaban J connectivity index is 0.000000441. The van der Waals surface area contributed by atoms with Crippen LogP contribution in [-0.2, 0) is 9.53 Å². The second-order valence-corrected chi connectivity index (χ2v) is 3.46. The van der Waals surface area contributed by atoms with E-state index < -0.39 is 34.6 Å². The first-order chi connectivity index (χ1) is 9.18. The van der Waals surface area contributed by atoms with E-state index in [1.165, 1.54) is 7.11 Å². The normalized spacial score (nSPS) is 9.35. The van der Waals surface area contributed by atoms with Gasteiger partial charge in [0.2, 0.25) is 5.82 Å². The standard InChI is InChI=1S/C8H3F5.C5H8O2/c1-2-3-4(9)6(11)8(13)7(12)5(3)10;1-4(2)5(6)7-3/h2H,1H2;1H2,2-3H3. The Morgan fingerprint density at radius 3 is 1.55 bits per heavy atom. The minimum Gasteiger partial charge on any atom is -0.466 e. The quantitative estimate of drug-likeness (QED) is 0.273. The van der Waals surface area contributed by atoms with Crippen molar-refractivity contribution in [3.63, 3.8) is 0 Å². The van der Waals surface area contributed by atoms with Gasteiger partial charge in [-0.1, -0.05) is 19.2 Å². The van der Waals surface area contributed by atoms with Gasteiger partial charge in [-0.2, -0.15) is 0 Å². The average Bonchev–Trinajstić information content (AvgIpc) is 2.43. The highest BCUT2D eigenvalue weighted by Gasteiger charge is 2.23. The average molecular weight is 294 g/mol. The summed E-state index contributed by atoms with van der Waals surface area (Å²) >= 11 is 0. The van der Waals surface area contributed by atoms with Crippen LogP contribution in [0.25, 0.3) is 6.08 Å². The van der Waals surface area contributed by atoms with Crippen LogP contribution in [0.3, 0.4) is 0 Å². The van der Waals surface area contributed by atoms with Gasteiger partial charge in [0.25, 0.3) is 0 Å². The highest BCUT2D eigenvalue weighted by atomic mass is 19.2. The summed E-state index contributed by atoms with van der Waals surface area (Å²) in [5.74, 6) is -10.2. The van der Waals surface area contributed by atoms with Crippen LogP contribution in [0.4, 0.5) is 22.0 Å². The van der Waals surface area contributed by atoms with E-state index in [1.54, 1.807) is 6.92 Å². The lowest BCUT2D eigenvalue weighted by Crippen LogP contribution is -2.03. The van der Waals surface area contributed by atoms with E-state index >= 15 is 0 Å². The van der Waals surface area contributed by atoms with Gasteiger partial charge in [-0.25, -0.2) is 26.7 Å². The highest BCUT2D eigenvalue weighted by Crippen LogP contribution is 2.23. The van der Waals surface area contributed by atoms with Gasteiger partial charge in [0.05, 0.1) is 12.7 Å². The number of esters is 1. The molecule has 0 fully saturated rings. The van der Waals surface area contributed by atoms with Crippen molar-refractivity contribution in [3.8, 4) is 0 Å². The third-order valence-corrected chi connectivity index (χ3v) is 1.98. The third-order valence-electron chi connectivity index (χ3n) is 1.98. The molecule has 0 saturated heterocycles. The molecule has 0 aliphatic rings. The number of rotatable bonds is 2. The van der Waals surface area contributed by atoms with E-state index in [0.717, 1.165) is 0 Å². The molecule has 1 rings (SSSR count). The highest BCUT2D eigenvalue weighted by molar-refractivity contribution is 5.86. The lowest BCUT2D eigenvalue weighted by Gasteiger charge is -2.02. The first-order valence-electron chi connectivity index (χ1n) is 5.06. The van der Waals surface area contributed by atoms with E-state index in [0.29, 0.717) is 11.6 Å².